The Labute approximate surface area is 156 Å². The lowest BCUT2D eigenvalue weighted by Gasteiger charge is -2.19. The van der Waals surface area contributed by atoms with Gasteiger partial charge in [-0.15, -0.1) is 0 Å². The molecule has 5 nitrogen and oxygen atoms in total. The molecule has 2 aromatic carbocycles. The summed E-state index contributed by atoms with van der Waals surface area (Å²) in [6.45, 7) is 4.46. The van der Waals surface area contributed by atoms with Crippen molar-refractivity contribution in [3.05, 3.63) is 48.0 Å². The van der Waals surface area contributed by atoms with Crippen LogP contribution in [-0.2, 0) is 4.52 Å². The second-order valence-corrected chi connectivity index (χ2v) is 6.48. The van der Waals surface area contributed by atoms with Gasteiger partial charge in [0, 0.05) is 24.3 Å². The average Bonchev–Trinajstić information content (AvgIpc) is 2.70. The van der Waals surface area contributed by atoms with Gasteiger partial charge in [-0.25, -0.2) is 0 Å². The molecule has 2 atom stereocenters. The lowest BCUT2D eigenvalue weighted by Crippen LogP contribution is -2.27. The van der Waals surface area contributed by atoms with Crippen molar-refractivity contribution in [2.45, 2.75) is 26.4 Å². The molecule has 0 fully saturated rings. The molecule has 2 aromatic rings. The molecule has 0 radical (unpaired) electrons. The number of hydrogen-bond donors (Lipinski definition) is 0. The van der Waals surface area contributed by atoms with Crippen LogP contribution in [0.5, 0.6) is 17.2 Å². The number of rotatable bonds is 10. The van der Waals surface area contributed by atoms with Gasteiger partial charge in [0.1, 0.15) is 17.2 Å². The van der Waals surface area contributed by atoms with Crippen LogP contribution in [-0.4, -0.2) is 32.7 Å². The van der Waals surface area contributed by atoms with E-state index in [1.807, 2.05) is 32.0 Å². The van der Waals surface area contributed by atoms with Crippen LogP contribution in [0, 0.1) is 0 Å². The lowest BCUT2D eigenvalue weighted by atomic mass is 10.0. The third-order valence-corrected chi connectivity index (χ3v) is 4.93. The highest BCUT2D eigenvalue weighted by molar-refractivity contribution is 7.42. The summed E-state index contributed by atoms with van der Waals surface area (Å²) in [4.78, 5) is 12.7. The summed E-state index contributed by atoms with van der Waals surface area (Å²) in [5.41, 5.74) is 0.632. The molecule has 0 spiro atoms. The second kappa shape index (κ2) is 10.1. The Balaban J connectivity index is 2.28. The molecule has 0 aromatic heterocycles. The fraction of sp³-hybridized carbons (Fsp3) is 0.350. The van der Waals surface area contributed by atoms with Gasteiger partial charge in [-0.3, -0.25) is 4.79 Å². The summed E-state index contributed by atoms with van der Waals surface area (Å²) >= 11 is 0. The standard InChI is InChI=1S/C20H25O5P/c1-5-16(19(21)14-10-8-7-9-11-14)25-15-12-17(22-3)20(26-24-6-2)18(13-15)23-4/h7-13,16,26H,5-6H2,1-4H3. The zero-order chi connectivity index (χ0) is 18.9. The fourth-order valence-electron chi connectivity index (χ4n) is 2.48. The molecule has 2 rings (SSSR count). The van der Waals surface area contributed by atoms with Gasteiger partial charge in [-0.2, -0.15) is 0 Å². The Morgan fingerprint density at radius 1 is 1.04 bits per heavy atom. The second-order valence-electron chi connectivity index (χ2n) is 5.48. The summed E-state index contributed by atoms with van der Waals surface area (Å²) in [5, 5.41) is 0.839. The van der Waals surface area contributed by atoms with E-state index in [1.165, 1.54) is 0 Å². The number of benzene rings is 2. The van der Waals surface area contributed by atoms with Crippen molar-refractivity contribution in [2.24, 2.45) is 0 Å². The number of ether oxygens (including phenoxy) is 3. The Morgan fingerprint density at radius 2 is 1.65 bits per heavy atom. The van der Waals surface area contributed by atoms with Crippen molar-refractivity contribution in [3.63, 3.8) is 0 Å². The Morgan fingerprint density at radius 3 is 2.15 bits per heavy atom. The minimum Gasteiger partial charge on any atom is -0.496 e. The molecule has 0 bridgehead atoms. The molecule has 0 amide bonds. The zero-order valence-electron chi connectivity index (χ0n) is 15.6. The van der Waals surface area contributed by atoms with Crippen LogP contribution in [0.4, 0.5) is 0 Å². The van der Waals surface area contributed by atoms with Gasteiger partial charge in [-0.05, 0) is 13.3 Å². The van der Waals surface area contributed by atoms with Crippen molar-refractivity contribution in [1.29, 1.82) is 0 Å². The largest absolute Gasteiger partial charge is 0.496 e. The first-order valence-corrected chi connectivity index (χ1v) is 9.45. The normalized spacial score (nSPS) is 12.2. The monoisotopic (exact) mass is 376 g/mol. The van der Waals surface area contributed by atoms with E-state index < -0.39 is 6.10 Å². The molecule has 2 unspecified atom stereocenters. The Kier molecular flexibility index (Phi) is 7.89. The van der Waals surface area contributed by atoms with E-state index in [4.69, 9.17) is 18.7 Å². The predicted molar refractivity (Wildman–Crippen MR) is 105 cm³/mol. The number of methoxy groups -OCH3 is 2. The molecule has 0 aliphatic rings. The average molecular weight is 376 g/mol. The zero-order valence-corrected chi connectivity index (χ0v) is 16.6. The molecule has 0 saturated heterocycles. The number of ketones is 1. The number of Topliss-reactive ketones (excluding diaryl/α,β-unsaturated/α-hetero) is 1. The third-order valence-electron chi connectivity index (χ3n) is 3.80. The smallest absolute Gasteiger partial charge is 0.203 e. The van der Waals surface area contributed by atoms with E-state index in [1.54, 1.807) is 38.5 Å². The molecule has 0 heterocycles. The van der Waals surface area contributed by atoms with Crippen molar-refractivity contribution in [3.8, 4) is 17.2 Å². The Hall–Kier alpha value is -2.10. The van der Waals surface area contributed by atoms with E-state index in [0.29, 0.717) is 35.8 Å². The minimum atomic E-state index is -0.577. The molecule has 140 valence electrons. The highest BCUT2D eigenvalue weighted by Gasteiger charge is 2.22. The van der Waals surface area contributed by atoms with E-state index in [9.17, 15) is 4.79 Å². The summed E-state index contributed by atoms with van der Waals surface area (Å²) in [5.74, 6) is 1.72. The predicted octanol–water partition coefficient (Wildman–Crippen LogP) is 4.00. The van der Waals surface area contributed by atoms with Gasteiger partial charge in [0.15, 0.2) is 6.10 Å². The van der Waals surface area contributed by atoms with Crippen LogP contribution in [0.3, 0.4) is 0 Å². The number of carbonyl (C=O) groups excluding carboxylic acids is 1. The van der Waals surface area contributed by atoms with Gasteiger partial charge in [0.25, 0.3) is 0 Å². The first-order valence-electron chi connectivity index (χ1n) is 8.54. The van der Waals surface area contributed by atoms with Crippen LogP contribution in [0.15, 0.2) is 42.5 Å². The minimum absolute atomic E-state index is 0.0497. The van der Waals surface area contributed by atoms with Crippen LogP contribution in [0.25, 0.3) is 0 Å². The first-order chi connectivity index (χ1) is 12.6. The van der Waals surface area contributed by atoms with Gasteiger partial charge in [-0.1, -0.05) is 37.3 Å². The molecule has 0 aliphatic carbocycles. The van der Waals surface area contributed by atoms with E-state index >= 15 is 0 Å². The SMILES string of the molecule is CCOPc1c(OC)cc(OC(CC)C(=O)c2ccccc2)cc1OC. The summed E-state index contributed by atoms with van der Waals surface area (Å²) in [6, 6.07) is 12.7. The summed E-state index contributed by atoms with van der Waals surface area (Å²) in [7, 11) is 3.29. The van der Waals surface area contributed by atoms with Crippen LogP contribution < -0.4 is 19.5 Å². The molecule has 0 N–H and O–H groups in total. The Bertz CT molecular complexity index is 692. The van der Waals surface area contributed by atoms with Crippen LogP contribution >= 0.6 is 8.81 Å². The quantitative estimate of drug-likeness (QED) is 0.463. The van der Waals surface area contributed by atoms with E-state index in [2.05, 4.69) is 0 Å². The highest BCUT2D eigenvalue weighted by Crippen LogP contribution is 2.33. The van der Waals surface area contributed by atoms with Crippen LogP contribution in [0.2, 0.25) is 0 Å². The van der Waals surface area contributed by atoms with E-state index in [0.717, 1.165) is 5.30 Å². The molecule has 0 aliphatic heterocycles. The van der Waals surface area contributed by atoms with E-state index in [-0.39, 0.29) is 14.6 Å². The molecule has 6 heteroatoms. The molecule has 0 saturated carbocycles. The van der Waals surface area contributed by atoms with Gasteiger partial charge < -0.3 is 18.7 Å². The van der Waals surface area contributed by atoms with Crippen molar-refractivity contribution in [2.75, 3.05) is 20.8 Å². The van der Waals surface area contributed by atoms with Crippen molar-refractivity contribution >= 4 is 19.9 Å². The van der Waals surface area contributed by atoms with Gasteiger partial charge >= 0.3 is 0 Å². The summed E-state index contributed by atoms with van der Waals surface area (Å²) < 4.78 is 22.4. The number of carbonyl (C=O) groups is 1. The maximum absolute atomic E-state index is 12.7. The third kappa shape index (κ3) is 4.96. The molecular weight excluding hydrogens is 351 g/mol. The fourth-order valence-corrected chi connectivity index (χ4v) is 3.31. The van der Waals surface area contributed by atoms with Crippen molar-refractivity contribution < 1.29 is 23.5 Å². The van der Waals surface area contributed by atoms with Gasteiger partial charge in [0.2, 0.25) is 5.78 Å². The summed E-state index contributed by atoms with van der Waals surface area (Å²) in [6.07, 6.45) is -0.0205. The topological polar surface area (TPSA) is 54.0 Å². The lowest BCUT2D eigenvalue weighted by molar-refractivity contribution is 0.0785. The number of hydrogen-bond acceptors (Lipinski definition) is 5. The van der Waals surface area contributed by atoms with Gasteiger partial charge in [0.05, 0.1) is 28.3 Å². The molecule has 26 heavy (non-hydrogen) atoms. The molecular formula is C20H25O5P. The van der Waals surface area contributed by atoms with Crippen LogP contribution in [0.1, 0.15) is 30.6 Å². The maximum Gasteiger partial charge on any atom is 0.203 e. The van der Waals surface area contributed by atoms with Crippen molar-refractivity contribution in [1.82, 2.24) is 0 Å². The maximum atomic E-state index is 12.7. The first kappa shape index (κ1) is 20.2. The highest BCUT2D eigenvalue weighted by atomic mass is 31.1.